The average molecular weight is 212 g/mol. The summed E-state index contributed by atoms with van der Waals surface area (Å²) in [6, 6.07) is 4.00. The molecule has 0 saturated carbocycles. The van der Waals surface area contributed by atoms with Crippen LogP contribution >= 0.6 is 0 Å². The summed E-state index contributed by atoms with van der Waals surface area (Å²) in [6.45, 7) is 4.21. The molecular formula is C11H14F2N2. The Kier molecular flexibility index (Phi) is 2.48. The lowest BCUT2D eigenvalue weighted by atomic mass is 9.93. The van der Waals surface area contributed by atoms with Gasteiger partial charge in [0.2, 0.25) is 0 Å². The number of nitrogens with two attached hydrogens (primary N) is 1. The van der Waals surface area contributed by atoms with Gasteiger partial charge < -0.3 is 5.73 Å². The summed E-state index contributed by atoms with van der Waals surface area (Å²) < 4.78 is 25.5. The second-order valence-corrected chi connectivity index (χ2v) is 4.55. The fraction of sp³-hybridized carbons (Fsp3) is 0.455. The summed E-state index contributed by atoms with van der Waals surface area (Å²) >= 11 is 0. The predicted octanol–water partition coefficient (Wildman–Crippen LogP) is 1.50. The number of rotatable bonds is 2. The lowest BCUT2D eigenvalue weighted by Gasteiger charge is -2.45. The first kappa shape index (κ1) is 10.5. The fourth-order valence-electron chi connectivity index (χ4n) is 1.98. The molecule has 1 aromatic carbocycles. The number of halogens is 2. The Balaban J connectivity index is 1.98. The van der Waals surface area contributed by atoms with Crippen molar-refractivity contribution in [2.24, 2.45) is 5.73 Å². The van der Waals surface area contributed by atoms with Crippen LogP contribution in [-0.4, -0.2) is 23.5 Å². The normalized spacial score (nSPS) is 20.0. The molecule has 15 heavy (non-hydrogen) atoms. The standard InChI is InChI=1S/C11H14F2N2/c1-11(14)6-15(7-11)5-8-2-3-9(12)10(13)4-8/h2-4H,5-7,14H2,1H3. The molecule has 82 valence electrons. The molecular weight excluding hydrogens is 198 g/mol. The minimum Gasteiger partial charge on any atom is -0.323 e. The lowest BCUT2D eigenvalue weighted by molar-refractivity contribution is 0.0763. The van der Waals surface area contributed by atoms with Crippen LogP contribution in [0.15, 0.2) is 18.2 Å². The molecule has 4 heteroatoms. The number of nitrogens with zero attached hydrogens (tertiary/aromatic N) is 1. The van der Waals surface area contributed by atoms with Gasteiger partial charge in [-0.15, -0.1) is 0 Å². The molecule has 0 spiro atoms. The van der Waals surface area contributed by atoms with Gasteiger partial charge in [0.1, 0.15) is 0 Å². The van der Waals surface area contributed by atoms with E-state index >= 15 is 0 Å². The predicted molar refractivity (Wildman–Crippen MR) is 54.2 cm³/mol. The lowest BCUT2D eigenvalue weighted by Crippen LogP contribution is -2.64. The molecule has 1 aliphatic rings. The van der Waals surface area contributed by atoms with Crippen molar-refractivity contribution in [3.63, 3.8) is 0 Å². The van der Waals surface area contributed by atoms with Crippen molar-refractivity contribution < 1.29 is 8.78 Å². The summed E-state index contributed by atoms with van der Waals surface area (Å²) in [6.07, 6.45) is 0. The number of hydrogen-bond donors (Lipinski definition) is 1. The van der Waals surface area contributed by atoms with Gasteiger partial charge in [-0.25, -0.2) is 8.78 Å². The summed E-state index contributed by atoms with van der Waals surface area (Å²) in [5.41, 5.74) is 6.50. The van der Waals surface area contributed by atoms with Gasteiger partial charge >= 0.3 is 0 Å². The highest BCUT2D eigenvalue weighted by Crippen LogP contribution is 2.20. The quantitative estimate of drug-likeness (QED) is 0.805. The smallest absolute Gasteiger partial charge is 0.159 e. The summed E-state index contributed by atoms with van der Waals surface area (Å²) in [5, 5.41) is 0. The maximum atomic E-state index is 12.9. The Bertz CT molecular complexity index is 369. The monoisotopic (exact) mass is 212 g/mol. The Morgan fingerprint density at radius 2 is 2.00 bits per heavy atom. The van der Waals surface area contributed by atoms with Crippen molar-refractivity contribution in [2.45, 2.75) is 19.0 Å². The summed E-state index contributed by atoms with van der Waals surface area (Å²) in [4.78, 5) is 2.10. The second-order valence-electron chi connectivity index (χ2n) is 4.55. The zero-order valence-electron chi connectivity index (χ0n) is 8.63. The second kappa shape index (κ2) is 3.54. The molecule has 0 aromatic heterocycles. The van der Waals surface area contributed by atoms with E-state index in [0.29, 0.717) is 6.54 Å². The minimum atomic E-state index is -0.800. The van der Waals surface area contributed by atoms with E-state index in [1.165, 1.54) is 6.07 Å². The van der Waals surface area contributed by atoms with Crippen LogP contribution in [0.2, 0.25) is 0 Å². The van der Waals surface area contributed by atoms with Crippen molar-refractivity contribution in [2.75, 3.05) is 13.1 Å². The summed E-state index contributed by atoms with van der Waals surface area (Å²) in [7, 11) is 0. The maximum absolute atomic E-state index is 12.9. The highest BCUT2D eigenvalue weighted by atomic mass is 19.2. The van der Waals surface area contributed by atoms with Gasteiger partial charge in [0, 0.05) is 25.2 Å². The molecule has 2 nitrogen and oxygen atoms in total. The van der Waals surface area contributed by atoms with E-state index in [9.17, 15) is 8.78 Å². The Morgan fingerprint density at radius 1 is 1.33 bits per heavy atom. The molecule has 1 aliphatic heterocycles. The first-order valence-corrected chi connectivity index (χ1v) is 4.91. The highest BCUT2D eigenvalue weighted by Gasteiger charge is 2.34. The number of likely N-dealkylation sites (tertiary alicyclic amines) is 1. The van der Waals surface area contributed by atoms with Crippen molar-refractivity contribution in [3.05, 3.63) is 35.4 Å². The van der Waals surface area contributed by atoms with Crippen LogP contribution in [0.1, 0.15) is 12.5 Å². The third-order valence-electron chi connectivity index (χ3n) is 2.56. The van der Waals surface area contributed by atoms with E-state index in [4.69, 9.17) is 5.73 Å². The van der Waals surface area contributed by atoms with Crippen molar-refractivity contribution >= 4 is 0 Å². The topological polar surface area (TPSA) is 29.3 Å². The van der Waals surface area contributed by atoms with Gasteiger partial charge in [0.15, 0.2) is 11.6 Å². The van der Waals surface area contributed by atoms with Crippen LogP contribution < -0.4 is 5.73 Å². The first-order valence-electron chi connectivity index (χ1n) is 4.91. The molecule has 1 saturated heterocycles. The van der Waals surface area contributed by atoms with E-state index in [-0.39, 0.29) is 5.54 Å². The third kappa shape index (κ3) is 2.33. The molecule has 0 aliphatic carbocycles. The molecule has 0 radical (unpaired) electrons. The Hall–Kier alpha value is -1.00. The minimum absolute atomic E-state index is 0.126. The van der Waals surface area contributed by atoms with Crippen LogP contribution in [0, 0.1) is 11.6 Å². The van der Waals surface area contributed by atoms with E-state index < -0.39 is 11.6 Å². The zero-order valence-corrected chi connectivity index (χ0v) is 8.63. The summed E-state index contributed by atoms with van der Waals surface area (Å²) in [5.74, 6) is -1.59. The zero-order chi connectivity index (χ0) is 11.1. The Morgan fingerprint density at radius 3 is 2.53 bits per heavy atom. The van der Waals surface area contributed by atoms with Gasteiger partial charge in [-0.1, -0.05) is 6.07 Å². The van der Waals surface area contributed by atoms with Crippen LogP contribution in [0.3, 0.4) is 0 Å². The van der Waals surface area contributed by atoms with Gasteiger partial charge in [-0.3, -0.25) is 4.90 Å². The van der Waals surface area contributed by atoms with Crippen molar-refractivity contribution in [1.29, 1.82) is 0 Å². The molecule has 0 atom stereocenters. The third-order valence-corrected chi connectivity index (χ3v) is 2.56. The maximum Gasteiger partial charge on any atom is 0.159 e. The Labute approximate surface area is 87.7 Å². The van der Waals surface area contributed by atoms with E-state index in [2.05, 4.69) is 4.90 Å². The van der Waals surface area contributed by atoms with Gasteiger partial charge in [0.05, 0.1) is 0 Å². The van der Waals surface area contributed by atoms with E-state index in [1.807, 2.05) is 6.92 Å². The van der Waals surface area contributed by atoms with Gasteiger partial charge in [-0.2, -0.15) is 0 Å². The fourth-order valence-corrected chi connectivity index (χ4v) is 1.98. The van der Waals surface area contributed by atoms with Crippen LogP contribution in [-0.2, 0) is 6.54 Å². The number of hydrogen-bond acceptors (Lipinski definition) is 2. The molecule has 1 heterocycles. The largest absolute Gasteiger partial charge is 0.323 e. The van der Waals surface area contributed by atoms with E-state index in [0.717, 1.165) is 24.7 Å². The molecule has 2 N–H and O–H groups in total. The molecule has 0 amide bonds. The molecule has 1 aromatic rings. The van der Waals surface area contributed by atoms with Gasteiger partial charge in [0.25, 0.3) is 0 Å². The molecule has 2 rings (SSSR count). The average Bonchev–Trinajstić information content (AvgIpc) is 2.08. The SMILES string of the molecule is CC1(N)CN(Cc2ccc(F)c(F)c2)C1. The number of benzene rings is 1. The van der Waals surface area contributed by atoms with Crippen LogP contribution in [0.5, 0.6) is 0 Å². The molecule has 0 unspecified atom stereocenters. The van der Waals surface area contributed by atoms with Crippen LogP contribution in [0.4, 0.5) is 8.78 Å². The van der Waals surface area contributed by atoms with Crippen LogP contribution in [0.25, 0.3) is 0 Å². The van der Waals surface area contributed by atoms with Crippen molar-refractivity contribution in [1.82, 2.24) is 4.90 Å². The van der Waals surface area contributed by atoms with Crippen molar-refractivity contribution in [3.8, 4) is 0 Å². The first-order chi connectivity index (χ1) is 6.96. The molecule has 0 bridgehead atoms. The van der Waals surface area contributed by atoms with E-state index in [1.54, 1.807) is 6.07 Å². The molecule has 1 fully saturated rings. The van der Waals surface area contributed by atoms with Gasteiger partial charge in [-0.05, 0) is 24.6 Å². The highest BCUT2D eigenvalue weighted by molar-refractivity contribution is 5.18.